The van der Waals surface area contributed by atoms with Crippen molar-refractivity contribution in [2.45, 2.75) is 3.92 Å². The molecule has 1 heterocycles. The molecule has 1 saturated heterocycles. The van der Waals surface area contributed by atoms with Crippen LogP contribution >= 0.6 is 23.8 Å². The van der Waals surface area contributed by atoms with Gasteiger partial charge in [-0.3, -0.25) is 0 Å². The molecule has 1 nitrogen and oxygen atoms in total. The molecule has 1 unspecified atom stereocenters. The molecule has 46 valence electrons. The van der Waals surface area contributed by atoms with E-state index in [9.17, 15) is 0 Å². The molecule has 1 aliphatic heterocycles. The Morgan fingerprint density at radius 2 is 2.38 bits per heavy atom. The summed E-state index contributed by atoms with van der Waals surface area (Å²) < 4.78 is 2.00. The molecule has 4 heteroatoms. The molecule has 0 aromatic heterocycles. The first kappa shape index (κ1) is 6.89. The molecule has 1 N–H and O–H groups in total. The Kier molecular flexibility index (Phi) is 2.22. The molecule has 1 rings (SSSR count). The Labute approximate surface area is 68.6 Å². The van der Waals surface area contributed by atoms with Crippen LogP contribution in [0, 0.1) is 5.41 Å². The van der Waals surface area contributed by atoms with E-state index >= 15 is 0 Å². The monoisotopic (exact) mass is 260 g/mol. The second-order valence-corrected chi connectivity index (χ2v) is 5.74. The summed E-state index contributed by atoms with van der Waals surface area (Å²) in [6, 6.07) is 0. The summed E-state index contributed by atoms with van der Waals surface area (Å²) in [6.07, 6.45) is 0. The van der Waals surface area contributed by atoms with E-state index in [0.29, 0.717) is 30.8 Å². The van der Waals surface area contributed by atoms with Crippen LogP contribution in [0.2, 0.25) is 0 Å². The van der Waals surface area contributed by atoms with Gasteiger partial charge in [0.1, 0.15) is 0 Å². The summed E-state index contributed by atoms with van der Waals surface area (Å²) in [5, 5.41) is 7.22. The van der Waals surface area contributed by atoms with E-state index in [1.807, 2.05) is 0 Å². The summed E-state index contributed by atoms with van der Waals surface area (Å²) in [6.45, 7) is 0. The standard InChI is InChI=1S/C4H4ClINS/c5-4(8)3(7)2-1-6-2/h2,7H,1H2/q-1. The summed E-state index contributed by atoms with van der Waals surface area (Å²) in [4.78, 5) is 0. The second-order valence-electron chi connectivity index (χ2n) is 1.46. The Bertz CT molecular complexity index is 143. The first-order valence-electron chi connectivity index (χ1n) is 2.08. The number of rotatable bonds is 2. The fourth-order valence-electron chi connectivity index (χ4n) is 0.322. The number of thiocarbonyl (C=S) groups is 1. The molecular formula is C4H4ClINS-. The van der Waals surface area contributed by atoms with Gasteiger partial charge in [-0.2, -0.15) is 0 Å². The van der Waals surface area contributed by atoms with Gasteiger partial charge in [0.15, 0.2) is 0 Å². The van der Waals surface area contributed by atoms with E-state index in [1.165, 1.54) is 4.43 Å². The van der Waals surface area contributed by atoms with Crippen molar-refractivity contribution in [2.75, 3.05) is 4.43 Å². The molecule has 0 radical (unpaired) electrons. The Balaban J connectivity index is 2.45. The number of alkyl halides is 2. The Hall–Kier alpha value is 0.780. The fourth-order valence-corrected chi connectivity index (χ4v) is 2.44. The molecule has 0 aromatic carbocycles. The molecule has 0 aromatic rings. The average molecular weight is 261 g/mol. The molecule has 8 heavy (non-hydrogen) atoms. The third-order valence-electron chi connectivity index (χ3n) is 0.834. The van der Waals surface area contributed by atoms with Crippen molar-refractivity contribution in [3.8, 4) is 0 Å². The van der Waals surface area contributed by atoms with Gasteiger partial charge in [-0.25, -0.2) is 0 Å². The maximum absolute atomic E-state index is 7.22. The second kappa shape index (κ2) is 2.58. The summed E-state index contributed by atoms with van der Waals surface area (Å²) in [5.74, 6) is 0. The van der Waals surface area contributed by atoms with Gasteiger partial charge in [0, 0.05) is 0 Å². The van der Waals surface area contributed by atoms with Crippen LogP contribution in [-0.4, -0.2) is 18.4 Å². The van der Waals surface area contributed by atoms with Crippen molar-refractivity contribution in [3.05, 3.63) is 0 Å². The Morgan fingerprint density at radius 1 is 1.88 bits per heavy atom. The average Bonchev–Trinajstić information content (AvgIpc) is 2.43. The van der Waals surface area contributed by atoms with E-state index in [4.69, 9.17) is 17.0 Å². The zero-order chi connectivity index (χ0) is 6.15. The van der Waals surface area contributed by atoms with Gasteiger partial charge in [0.2, 0.25) is 0 Å². The molecule has 1 atom stereocenters. The van der Waals surface area contributed by atoms with E-state index < -0.39 is 0 Å². The van der Waals surface area contributed by atoms with Crippen LogP contribution in [0.4, 0.5) is 0 Å². The molecule has 0 amide bonds. The van der Waals surface area contributed by atoms with E-state index in [1.54, 1.807) is 0 Å². The molecule has 0 bridgehead atoms. The van der Waals surface area contributed by atoms with Crippen molar-refractivity contribution in [1.82, 2.24) is 0 Å². The van der Waals surface area contributed by atoms with Gasteiger partial charge >= 0.3 is 68.8 Å². The number of halogens is 2. The van der Waals surface area contributed by atoms with Gasteiger partial charge in [-0.15, -0.1) is 0 Å². The third kappa shape index (κ3) is 1.63. The molecule has 0 aliphatic carbocycles. The summed E-state index contributed by atoms with van der Waals surface area (Å²) in [7, 11) is 0. The Morgan fingerprint density at radius 3 is 2.50 bits per heavy atom. The van der Waals surface area contributed by atoms with Crippen LogP contribution in [0.1, 0.15) is 0 Å². The minimum atomic E-state index is 0.271. The molecule has 1 aliphatic rings. The van der Waals surface area contributed by atoms with Crippen molar-refractivity contribution >= 4 is 33.9 Å². The minimum absolute atomic E-state index is 0.271. The molecule has 0 saturated carbocycles. The van der Waals surface area contributed by atoms with Crippen molar-refractivity contribution in [1.29, 1.82) is 5.41 Å². The SMILES string of the molecule is N=C(C(=S)Cl)C1C[I-]1. The summed E-state index contributed by atoms with van der Waals surface area (Å²) >= 11 is 10.3. The van der Waals surface area contributed by atoms with Gasteiger partial charge in [0.05, 0.1) is 0 Å². The van der Waals surface area contributed by atoms with Crippen LogP contribution in [0.5, 0.6) is 0 Å². The first-order chi connectivity index (χ1) is 3.72. The van der Waals surface area contributed by atoms with Gasteiger partial charge in [-0.05, 0) is 0 Å². The predicted molar refractivity (Wildman–Crippen MR) is 34.8 cm³/mol. The van der Waals surface area contributed by atoms with Crippen LogP contribution in [0.3, 0.4) is 0 Å². The zero-order valence-electron chi connectivity index (χ0n) is 3.95. The zero-order valence-corrected chi connectivity index (χ0v) is 7.68. The number of hydrogen-bond acceptors (Lipinski definition) is 2. The first-order valence-corrected chi connectivity index (χ1v) is 5.63. The molecule has 0 spiro atoms. The van der Waals surface area contributed by atoms with Gasteiger partial charge in [-0.1, -0.05) is 0 Å². The topological polar surface area (TPSA) is 23.9 Å². The number of nitrogens with one attached hydrogen (secondary N) is 1. The fraction of sp³-hybridized carbons (Fsp3) is 0.500. The van der Waals surface area contributed by atoms with Crippen LogP contribution in [0.15, 0.2) is 0 Å². The van der Waals surface area contributed by atoms with Crippen molar-refractivity contribution in [2.24, 2.45) is 0 Å². The van der Waals surface area contributed by atoms with E-state index in [2.05, 4.69) is 12.2 Å². The van der Waals surface area contributed by atoms with Gasteiger partial charge < -0.3 is 0 Å². The number of hydrogen-bond donors (Lipinski definition) is 1. The van der Waals surface area contributed by atoms with Crippen LogP contribution in [-0.2, 0) is 0 Å². The maximum atomic E-state index is 7.22. The van der Waals surface area contributed by atoms with E-state index in [0.717, 1.165) is 0 Å². The normalized spacial score (nSPS) is 25.9. The third-order valence-corrected chi connectivity index (χ3v) is 3.64. The van der Waals surface area contributed by atoms with E-state index in [-0.39, 0.29) is 4.32 Å². The summed E-state index contributed by atoms with van der Waals surface area (Å²) in [5.41, 5.74) is 0.509. The molecular weight excluding hydrogens is 256 g/mol. The van der Waals surface area contributed by atoms with Crippen LogP contribution < -0.4 is 21.2 Å². The van der Waals surface area contributed by atoms with Crippen molar-refractivity contribution < 1.29 is 21.2 Å². The van der Waals surface area contributed by atoms with Gasteiger partial charge in [0.25, 0.3) is 0 Å². The van der Waals surface area contributed by atoms with Crippen LogP contribution in [0.25, 0.3) is 0 Å². The predicted octanol–water partition coefficient (Wildman–Crippen LogP) is -1.96. The molecule has 1 fully saturated rings. The quantitative estimate of drug-likeness (QED) is 0.201. The van der Waals surface area contributed by atoms with Crippen molar-refractivity contribution in [3.63, 3.8) is 0 Å².